The number of anilines is 1. The fraction of sp³-hybridized carbons (Fsp3) is 0.500. The average Bonchev–Trinajstić information content (AvgIpc) is 3.23. The molecular formula is C20H26N4O. The van der Waals surface area contributed by atoms with Gasteiger partial charge in [0.1, 0.15) is 5.82 Å². The van der Waals surface area contributed by atoms with Crippen LogP contribution in [0.3, 0.4) is 0 Å². The molecule has 2 aliphatic rings. The highest BCUT2D eigenvalue weighted by Gasteiger charge is 2.24. The van der Waals surface area contributed by atoms with Crippen molar-refractivity contribution in [2.45, 2.75) is 52.1 Å². The standard InChI is InChI=1S/C20H26N4O/c1-14-5-7-18(23-9-3-4-10-23)17(11-14)20(25)22-16-6-8-19-21-15(2)12-24(19)13-16/h5,7,11-12,16H,3-4,6,8-10,13H2,1-2H3,(H,22,25). The third-order valence-corrected chi connectivity index (χ3v) is 5.29. The number of carbonyl (C=O) groups is 1. The van der Waals surface area contributed by atoms with Crippen LogP contribution in [0, 0.1) is 13.8 Å². The summed E-state index contributed by atoms with van der Waals surface area (Å²) in [5.74, 6) is 1.19. The van der Waals surface area contributed by atoms with Crippen LogP contribution in [-0.2, 0) is 13.0 Å². The lowest BCUT2D eigenvalue weighted by atomic mass is 10.0. The number of nitrogens with one attached hydrogen (secondary N) is 1. The number of fused-ring (bicyclic) bond motifs is 1. The summed E-state index contributed by atoms with van der Waals surface area (Å²) in [5, 5.41) is 3.26. The zero-order chi connectivity index (χ0) is 17.4. The molecule has 2 aromatic rings. The summed E-state index contributed by atoms with van der Waals surface area (Å²) in [7, 11) is 0. The molecule has 1 aromatic carbocycles. The molecule has 0 saturated carbocycles. The number of benzene rings is 1. The average molecular weight is 338 g/mol. The monoisotopic (exact) mass is 338 g/mol. The second-order valence-electron chi connectivity index (χ2n) is 7.37. The smallest absolute Gasteiger partial charge is 0.253 e. The molecule has 1 aromatic heterocycles. The van der Waals surface area contributed by atoms with Gasteiger partial charge in [0.15, 0.2) is 0 Å². The first kappa shape index (κ1) is 16.2. The SMILES string of the molecule is Cc1ccc(N2CCCC2)c(C(=O)NC2CCc3nc(C)cn3C2)c1. The number of hydrogen-bond acceptors (Lipinski definition) is 3. The molecule has 5 nitrogen and oxygen atoms in total. The molecule has 1 amide bonds. The van der Waals surface area contributed by atoms with Crippen LogP contribution in [0.2, 0.25) is 0 Å². The Kier molecular flexibility index (Phi) is 4.24. The van der Waals surface area contributed by atoms with Crippen molar-refractivity contribution in [2.24, 2.45) is 0 Å². The number of aromatic nitrogens is 2. The maximum absolute atomic E-state index is 13.0. The molecule has 5 heteroatoms. The van der Waals surface area contributed by atoms with Gasteiger partial charge >= 0.3 is 0 Å². The number of amides is 1. The molecule has 1 saturated heterocycles. The predicted molar refractivity (Wildman–Crippen MR) is 99.2 cm³/mol. The lowest BCUT2D eigenvalue weighted by Gasteiger charge is -2.26. The van der Waals surface area contributed by atoms with Crippen LogP contribution in [0.4, 0.5) is 5.69 Å². The van der Waals surface area contributed by atoms with E-state index in [-0.39, 0.29) is 11.9 Å². The third kappa shape index (κ3) is 3.28. The fourth-order valence-corrected chi connectivity index (χ4v) is 4.03. The van der Waals surface area contributed by atoms with E-state index < -0.39 is 0 Å². The minimum absolute atomic E-state index is 0.0517. The molecule has 1 atom stereocenters. The van der Waals surface area contributed by atoms with E-state index in [9.17, 15) is 4.79 Å². The molecule has 0 spiro atoms. The first-order valence-corrected chi connectivity index (χ1v) is 9.29. The Hall–Kier alpha value is -2.30. The molecule has 0 aliphatic carbocycles. The molecule has 2 aliphatic heterocycles. The highest BCUT2D eigenvalue weighted by molar-refractivity contribution is 6.00. The van der Waals surface area contributed by atoms with Gasteiger partial charge in [-0.1, -0.05) is 11.6 Å². The normalized spacial score (nSPS) is 19.8. The van der Waals surface area contributed by atoms with E-state index in [4.69, 9.17) is 0 Å². The highest BCUT2D eigenvalue weighted by Crippen LogP contribution is 2.26. The van der Waals surface area contributed by atoms with Crippen molar-refractivity contribution in [1.82, 2.24) is 14.9 Å². The zero-order valence-corrected chi connectivity index (χ0v) is 15.1. The first-order valence-electron chi connectivity index (χ1n) is 9.29. The van der Waals surface area contributed by atoms with Crippen molar-refractivity contribution in [3.05, 3.63) is 47.0 Å². The van der Waals surface area contributed by atoms with Gasteiger partial charge in [-0.3, -0.25) is 4.79 Å². The molecule has 1 N–H and O–H groups in total. The van der Waals surface area contributed by atoms with Gasteiger partial charge in [-0.05, 0) is 45.2 Å². The summed E-state index contributed by atoms with van der Waals surface area (Å²) >= 11 is 0. The largest absolute Gasteiger partial charge is 0.371 e. The van der Waals surface area contributed by atoms with Crippen LogP contribution in [0.25, 0.3) is 0 Å². The summed E-state index contributed by atoms with van der Waals surface area (Å²) in [5.41, 5.74) is 4.08. The van der Waals surface area contributed by atoms with Crippen molar-refractivity contribution < 1.29 is 4.79 Å². The summed E-state index contributed by atoms with van der Waals surface area (Å²) in [6, 6.07) is 6.40. The molecule has 1 fully saturated rings. The van der Waals surface area contributed by atoms with Gasteiger partial charge in [0.25, 0.3) is 5.91 Å². The first-order chi connectivity index (χ1) is 12.1. The van der Waals surface area contributed by atoms with Gasteiger partial charge < -0.3 is 14.8 Å². The molecule has 132 valence electrons. The highest BCUT2D eigenvalue weighted by atomic mass is 16.1. The van der Waals surface area contributed by atoms with E-state index in [0.717, 1.165) is 60.8 Å². The molecule has 25 heavy (non-hydrogen) atoms. The Morgan fingerprint density at radius 1 is 1.24 bits per heavy atom. The molecule has 1 unspecified atom stereocenters. The van der Waals surface area contributed by atoms with E-state index in [1.54, 1.807) is 0 Å². The summed E-state index contributed by atoms with van der Waals surface area (Å²) in [6.45, 7) is 6.97. The van der Waals surface area contributed by atoms with E-state index >= 15 is 0 Å². The minimum atomic E-state index is 0.0517. The predicted octanol–water partition coefficient (Wildman–Crippen LogP) is 2.84. The van der Waals surface area contributed by atoms with Crippen molar-refractivity contribution in [3.8, 4) is 0 Å². The second-order valence-corrected chi connectivity index (χ2v) is 7.37. The Labute approximate surface area is 149 Å². The van der Waals surface area contributed by atoms with Crippen LogP contribution in [0.1, 0.15) is 46.7 Å². The van der Waals surface area contributed by atoms with Crippen molar-refractivity contribution in [2.75, 3.05) is 18.0 Å². The van der Waals surface area contributed by atoms with Crippen LogP contribution < -0.4 is 10.2 Å². The molecule has 4 rings (SSSR count). The van der Waals surface area contributed by atoms with E-state index in [2.05, 4.69) is 38.1 Å². The molecular weight excluding hydrogens is 312 g/mol. The second kappa shape index (κ2) is 6.54. The van der Waals surface area contributed by atoms with Gasteiger partial charge in [0, 0.05) is 44.0 Å². The number of aryl methyl sites for hydroxylation is 3. The molecule has 3 heterocycles. The lowest BCUT2D eigenvalue weighted by Crippen LogP contribution is -2.41. The topological polar surface area (TPSA) is 50.2 Å². The van der Waals surface area contributed by atoms with Crippen LogP contribution in [0.5, 0.6) is 0 Å². The Morgan fingerprint density at radius 2 is 2.04 bits per heavy atom. The van der Waals surface area contributed by atoms with Crippen molar-refractivity contribution in [3.63, 3.8) is 0 Å². The van der Waals surface area contributed by atoms with Gasteiger partial charge in [-0.2, -0.15) is 0 Å². The third-order valence-electron chi connectivity index (χ3n) is 5.29. The number of hydrogen-bond donors (Lipinski definition) is 1. The molecule has 0 bridgehead atoms. The van der Waals surface area contributed by atoms with Crippen LogP contribution in [-0.4, -0.2) is 34.6 Å². The van der Waals surface area contributed by atoms with E-state index in [0.29, 0.717) is 0 Å². The summed E-state index contributed by atoms with van der Waals surface area (Å²) in [6.07, 6.45) is 6.37. The number of nitrogens with zero attached hydrogens (tertiary/aromatic N) is 3. The minimum Gasteiger partial charge on any atom is -0.371 e. The number of rotatable bonds is 3. The zero-order valence-electron chi connectivity index (χ0n) is 15.1. The van der Waals surface area contributed by atoms with Crippen molar-refractivity contribution >= 4 is 11.6 Å². The lowest BCUT2D eigenvalue weighted by molar-refractivity contribution is 0.0928. The van der Waals surface area contributed by atoms with Crippen LogP contribution in [0.15, 0.2) is 24.4 Å². The van der Waals surface area contributed by atoms with Gasteiger partial charge in [-0.25, -0.2) is 4.98 Å². The summed E-state index contributed by atoms with van der Waals surface area (Å²) in [4.78, 5) is 19.9. The Morgan fingerprint density at radius 3 is 2.84 bits per heavy atom. The van der Waals surface area contributed by atoms with Gasteiger partial charge in [0.05, 0.1) is 11.3 Å². The summed E-state index contributed by atoms with van der Waals surface area (Å²) < 4.78 is 2.18. The van der Waals surface area contributed by atoms with E-state index in [1.165, 1.54) is 12.8 Å². The number of carbonyl (C=O) groups excluding carboxylic acids is 1. The fourth-order valence-electron chi connectivity index (χ4n) is 4.03. The molecule has 0 radical (unpaired) electrons. The van der Waals surface area contributed by atoms with Crippen LogP contribution >= 0.6 is 0 Å². The maximum atomic E-state index is 13.0. The van der Waals surface area contributed by atoms with Crippen molar-refractivity contribution in [1.29, 1.82) is 0 Å². The Balaban J connectivity index is 1.52. The van der Waals surface area contributed by atoms with E-state index in [1.807, 2.05) is 19.9 Å². The van der Waals surface area contributed by atoms with Gasteiger partial charge in [0.2, 0.25) is 0 Å². The van der Waals surface area contributed by atoms with Gasteiger partial charge in [-0.15, -0.1) is 0 Å². The number of imidazole rings is 1. The maximum Gasteiger partial charge on any atom is 0.253 e. The quantitative estimate of drug-likeness (QED) is 0.936. The Bertz CT molecular complexity index is 789.